The molecule has 0 aliphatic carbocycles. The number of hydrogen-bond acceptors (Lipinski definition) is 6. The first-order chi connectivity index (χ1) is 24.6. The van der Waals surface area contributed by atoms with Gasteiger partial charge in [-0.2, -0.15) is 10.4 Å². The fourth-order valence-electron chi connectivity index (χ4n) is 8.68. The molecule has 1 unspecified atom stereocenters. The molecule has 2 saturated heterocycles. The first kappa shape index (κ1) is 30.2. The Kier molecular flexibility index (Phi) is 6.86. The maximum Gasteiger partial charge on any atom is 0.253 e. The zero-order valence-corrected chi connectivity index (χ0v) is 27.7. The van der Waals surface area contributed by atoms with Gasteiger partial charge in [-0.3, -0.25) is 19.4 Å². The normalized spacial score (nSPS) is 24.0. The zero-order valence-electron chi connectivity index (χ0n) is 26.9. The average Bonchev–Trinajstić information content (AvgIpc) is 3.99. The fourth-order valence-corrected chi connectivity index (χ4v) is 10.0. The second-order valence-electron chi connectivity index (χ2n) is 12.9. The summed E-state index contributed by atoms with van der Waals surface area (Å²) in [5, 5.41) is 17.7. The van der Waals surface area contributed by atoms with Gasteiger partial charge in [0.2, 0.25) is 0 Å². The molecule has 5 heterocycles. The fraction of sp³-hybridized carbons (Fsp3) is 0.171. The van der Waals surface area contributed by atoms with Crippen LogP contribution in [0, 0.1) is 29.1 Å². The van der Waals surface area contributed by atoms with Gasteiger partial charge >= 0.3 is 0 Å². The van der Waals surface area contributed by atoms with Crippen molar-refractivity contribution in [3.8, 4) is 35.4 Å². The van der Waals surface area contributed by atoms with Gasteiger partial charge in [0.05, 0.1) is 29.7 Å². The number of amides is 1. The Balaban J connectivity index is 1.41. The number of fused-ring (bicyclic) bond motifs is 5. The number of nitrogens with zero attached hydrogens (tertiary/aromatic N) is 5. The molecule has 1 amide bonds. The first-order valence-electron chi connectivity index (χ1n) is 16.5. The van der Waals surface area contributed by atoms with Crippen LogP contribution in [0.4, 0.5) is 5.69 Å². The molecule has 3 aliphatic rings. The summed E-state index contributed by atoms with van der Waals surface area (Å²) in [6, 6.07) is 36.9. The molecule has 9 heteroatoms. The Hall–Kier alpha value is -5.87. The number of para-hydroxylation sites is 3. The van der Waals surface area contributed by atoms with Crippen LogP contribution in [0.1, 0.15) is 27.4 Å². The van der Waals surface area contributed by atoms with Gasteiger partial charge in [-0.25, -0.2) is 4.68 Å². The average molecular weight is 671 g/mol. The van der Waals surface area contributed by atoms with E-state index in [-0.39, 0.29) is 18.2 Å². The lowest BCUT2D eigenvalue weighted by Gasteiger charge is -2.38. The van der Waals surface area contributed by atoms with Crippen molar-refractivity contribution < 1.29 is 9.59 Å². The van der Waals surface area contributed by atoms with Crippen LogP contribution >= 0.6 is 11.8 Å². The summed E-state index contributed by atoms with van der Waals surface area (Å²) in [7, 11) is 0. The number of benzene rings is 4. The van der Waals surface area contributed by atoms with Crippen LogP contribution in [0.2, 0.25) is 0 Å². The van der Waals surface area contributed by atoms with E-state index in [2.05, 4.69) is 21.9 Å². The third-order valence-electron chi connectivity index (χ3n) is 10.7. The number of anilines is 1. The summed E-state index contributed by atoms with van der Waals surface area (Å²) in [4.78, 5) is 38.1. The molecule has 242 valence electrons. The van der Waals surface area contributed by atoms with Gasteiger partial charge in [-0.1, -0.05) is 90.8 Å². The van der Waals surface area contributed by atoms with Crippen molar-refractivity contribution in [1.82, 2.24) is 19.7 Å². The summed E-state index contributed by atoms with van der Waals surface area (Å²) in [5.41, 5.74) is 2.45. The predicted octanol–water partition coefficient (Wildman–Crippen LogP) is 6.76. The molecular formula is C41H30N6O2S. The number of carbonyl (C=O) groups is 2. The Bertz CT molecular complexity index is 2410. The minimum atomic E-state index is -1.70. The number of nitrogens with one attached hydrogen (secondary N) is 1. The quantitative estimate of drug-likeness (QED) is 0.155. The number of aromatic nitrogens is 3. The zero-order chi connectivity index (χ0) is 34.0. The molecule has 50 heavy (non-hydrogen) atoms. The number of rotatable bonds is 6. The molecule has 1 spiro atoms. The number of H-pyrrole nitrogens is 1. The number of Topliss-reactive ketones (excluding diaryl/α,β-unsaturated/α-hetero) is 1. The van der Waals surface area contributed by atoms with Crippen molar-refractivity contribution in [3.63, 3.8) is 0 Å². The molecule has 6 aromatic rings. The molecule has 2 aromatic heterocycles. The summed E-state index contributed by atoms with van der Waals surface area (Å²) in [5.74, 6) is 2.14. The highest BCUT2D eigenvalue weighted by Crippen LogP contribution is 2.68. The van der Waals surface area contributed by atoms with E-state index < -0.39 is 22.9 Å². The molecule has 0 saturated carbocycles. The predicted molar refractivity (Wildman–Crippen MR) is 195 cm³/mol. The lowest BCUT2D eigenvalue weighted by Crippen LogP contribution is -2.53. The van der Waals surface area contributed by atoms with Crippen LogP contribution in [0.15, 0.2) is 122 Å². The highest BCUT2D eigenvalue weighted by Gasteiger charge is 2.77. The van der Waals surface area contributed by atoms with E-state index in [1.165, 1.54) is 0 Å². The summed E-state index contributed by atoms with van der Waals surface area (Å²) < 4.78 is 1.80. The Labute approximate surface area is 293 Å². The van der Waals surface area contributed by atoms with E-state index >= 15 is 9.59 Å². The smallest absolute Gasteiger partial charge is 0.253 e. The van der Waals surface area contributed by atoms with Crippen LogP contribution in [0.5, 0.6) is 0 Å². The number of hydrogen-bond donors (Lipinski definition) is 1. The molecule has 4 atom stereocenters. The van der Waals surface area contributed by atoms with E-state index in [1.54, 1.807) is 27.5 Å². The number of nitriles is 1. The molecule has 9 rings (SSSR count). The molecule has 3 aliphatic heterocycles. The van der Waals surface area contributed by atoms with Crippen molar-refractivity contribution in [2.24, 2.45) is 5.41 Å². The van der Waals surface area contributed by atoms with Gasteiger partial charge in [-0.15, -0.1) is 18.2 Å². The summed E-state index contributed by atoms with van der Waals surface area (Å²) in [6.45, 7) is 0.0563. The monoisotopic (exact) mass is 670 g/mol. The van der Waals surface area contributed by atoms with Gasteiger partial charge in [0.15, 0.2) is 5.78 Å². The van der Waals surface area contributed by atoms with E-state index in [0.29, 0.717) is 34.1 Å². The van der Waals surface area contributed by atoms with Crippen molar-refractivity contribution >= 4 is 40.0 Å². The maximum absolute atomic E-state index is 15.6. The number of ketones is 1. The molecular weight excluding hydrogens is 641 g/mol. The van der Waals surface area contributed by atoms with Crippen LogP contribution in [-0.4, -0.2) is 55.6 Å². The molecule has 0 radical (unpaired) electrons. The van der Waals surface area contributed by atoms with E-state index in [4.69, 9.17) is 11.5 Å². The van der Waals surface area contributed by atoms with Gasteiger partial charge in [-0.05, 0) is 24.3 Å². The van der Waals surface area contributed by atoms with Crippen molar-refractivity contribution in [3.05, 3.63) is 138 Å². The van der Waals surface area contributed by atoms with Crippen LogP contribution < -0.4 is 4.90 Å². The van der Waals surface area contributed by atoms with Crippen molar-refractivity contribution in [2.75, 3.05) is 23.1 Å². The Morgan fingerprint density at radius 1 is 0.980 bits per heavy atom. The topological polar surface area (TPSA) is 98.0 Å². The van der Waals surface area contributed by atoms with Gasteiger partial charge in [0.25, 0.3) is 5.91 Å². The Morgan fingerprint density at radius 2 is 1.70 bits per heavy atom. The van der Waals surface area contributed by atoms with Gasteiger partial charge in [0, 0.05) is 69.1 Å². The van der Waals surface area contributed by atoms with Gasteiger partial charge in [0.1, 0.15) is 11.0 Å². The minimum absolute atomic E-state index is 0.0563. The third kappa shape index (κ3) is 3.90. The third-order valence-corrected chi connectivity index (χ3v) is 11.7. The number of terminal acetylenes is 1. The van der Waals surface area contributed by atoms with E-state index in [0.717, 1.165) is 27.7 Å². The number of thioether (sulfide) groups is 1. The maximum atomic E-state index is 15.6. The van der Waals surface area contributed by atoms with E-state index in [9.17, 15) is 5.26 Å². The second-order valence-corrected chi connectivity index (χ2v) is 13.9. The second kappa shape index (κ2) is 11.3. The van der Waals surface area contributed by atoms with Gasteiger partial charge < -0.3 is 4.98 Å². The van der Waals surface area contributed by atoms with Crippen LogP contribution in [0.25, 0.3) is 27.8 Å². The summed E-state index contributed by atoms with van der Waals surface area (Å²) in [6.07, 6.45) is 9.53. The Morgan fingerprint density at radius 3 is 2.48 bits per heavy atom. The number of carbonyl (C=O) groups excluding carboxylic acids is 2. The molecule has 8 nitrogen and oxygen atoms in total. The first-order valence-corrected chi connectivity index (χ1v) is 17.6. The highest BCUT2D eigenvalue weighted by atomic mass is 32.2. The summed E-state index contributed by atoms with van der Waals surface area (Å²) >= 11 is 1.64. The van der Waals surface area contributed by atoms with E-state index in [1.807, 2.05) is 115 Å². The standard InChI is InChI=1S/C41H30N6O2S/c1-2-21-45-34-20-12-10-18-32(34)41(39(45)49)37(31-23-47(28-15-7-4-8-16-28)44-36(31)27-13-5-3-6-14-27)40(25-42,35-24-50-26-46(35)41)38(48)30-22-43-33-19-11-9-17-29(30)33/h1,3-20,22-23,35,37,43H,21,24,26H2/t35?,37-,40+,41+/m1/s1. The highest BCUT2D eigenvalue weighted by molar-refractivity contribution is 7.99. The number of aromatic amines is 1. The lowest BCUT2D eigenvalue weighted by atomic mass is 9.60. The molecule has 1 N–H and O–H groups in total. The largest absolute Gasteiger partial charge is 0.360 e. The molecule has 4 aromatic carbocycles. The molecule has 0 bridgehead atoms. The molecule has 2 fully saturated rings. The van der Waals surface area contributed by atoms with Crippen molar-refractivity contribution in [2.45, 2.75) is 17.5 Å². The van der Waals surface area contributed by atoms with Crippen LogP contribution in [0.3, 0.4) is 0 Å². The lowest BCUT2D eigenvalue weighted by molar-refractivity contribution is -0.129. The minimum Gasteiger partial charge on any atom is -0.360 e. The van der Waals surface area contributed by atoms with Crippen molar-refractivity contribution in [1.29, 1.82) is 5.26 Å². The SMILES string of the molecule is C#CCN1C(=O)[C@]2(c3ccccc31)[C@H](c1cn(-c3ccccc3)nc1-c1ccccc1)[C@@](C#N)(C(=O)c1c[nH]c3ccccc13)C1CSCN12. The van der Waals surface area contributed by atoms with Crippen LogP contribution in [-0.2, 0) is 10.3 Å².